The maximum Gasteiger partial charge on any atom is 0.308 e. The molecule has 18 heavy (non-hydrogen) atoms. The average molecular weight is 251 g/mol. The quantitative estimate of drug-likeness (QED) is 0.609. The summed E-state index contributed by atoms with van der Waals surface area (Å²) in [6.07, 6.45) is 0.924. The van der Waals surface area contributed by atoms with Crippen molar-refractivity contribution in [3.63, 3.8) is 0 Å². The third kappa shape index (κ3) is 5.34. The van der Waals surface area contributed by atoms with Crippen LogP contribution in [0.5, 0.6) is 0 Å². The molecule has 5 heteroatoms. The van der Waals surface area contributed by atoms with Gasteiger partial charge < -0.3 is 15.2 Å². The maximum atomic E-state index is 11.4. The molecule has 0 fully saturated rings. The number of rotatable bonds is 6. The summed E-state index contributed by atoms with van der Waals surface area (Å²) in [4.78, 5) is 22.1. The molecule has 0 atom stereocenters. The lowest BCUT2D eigenvalue weighted by atomic mass is 10.1. The van der Waals surface area contributed by atoms with Crippen molar-refractivity contribution in [3.8, 4) is 0 Å². The number of nitrogen functional groups attached to an aromatic ring is 1. The van der Waals surface area contributed by atoms with Crippen LogP contribution in [0.3, 0.4) is 0 Å². The Bertz CT molecular complexity index is 417. The molecule has 1 rings (SSSR count). The fraction of sp³-hybridized carbons (Fsp3) is 0.385. The first-order valence-corrected chi connectivity index (χ1v) is 5.68. The van der Waals surface area contributed by atoms with Gasteiger partial charge in [-0.15, -0.1) is 0 Å². The lowest BCUT2D eigenvalue weighted by Gasteiger charge is -2.04. The summed E-state index contributed by atoms with van der Waals surface area (Å²) in [6, 6.07) is 7.35. The molecule has 2 N–H and O–H groups in total. The Morgan fingerprint density at radius 2 is 2.00 bits per heavy atom. The third-order valence-electron chi connectivity index (χ3n) is 2.37. The van der Waals surface area contributed by atoms with Gasteiger partial charge in [0.2, 0.25) is 0 Å². The van der Waals surface area contributed by atoms with E-state index in [0.717, 1.165) is 5.56 Å². The Labute approximate surface area is 106 Å². The highest BCUT2D eigenvalue weighted by Crippen LogP contribution is 2.09. The minimum atomic E-state index is -0.390. The van der Waals surface area contributed by atoms with E-state index in [0.29, 0.717) is 12.1 Å². The highest BCUT2D eigenvalue weighted by Gasteiger charge is 2.06. The largest absolute Gasteiger partial charge is 0.469 e. The summed E-state index contributed by atoms with van der Waals surface area (Å²) in [5, 5.41) is 0. The first kappa shape index (κ1) is 14.0. The van der Waals surface area contributed by atoms with E-state index in [9.17, 15) is 9.59 Å². The molecule has 0 unspecified atom stereocenters. The van der Waals surface area contributed by atoms with E-state index in [4.69, 9.17) is 10.5 Å². The zero-order chi connectivity index (χ0) is 13.4. The van der Waals surface area contributed by atoms with Crippen LogP contribution in [0.15, 0.2) is 24.3 Å². The van der Waals surface area contributed by atoms with Gasteiger partial charge in [-0.05, 0) is 24.1 Å². The number of ether oxygens (including phenoxy) is 2. The van der Waals surface area contributed by atoms with Gasteiger partial charge in [-0.25, -0.2) is 0 Å². The molecule has 0 saturated heterocycles. The van der Waals surface area contributed by atoms with E-state index in [1.54, 1.807) is 6.07 Å². The first-order valence-electron chi connectivity index (χ1n) is 5.68. The summed E-state index contributed by atoms with van der Waals surface area (Å²) < 4.78 is 9.33. The lowest BCUT2D eigenvalue weighted by molar-refractivity contribution is -0.147. The predicted octanol–water partition coefficient (Wildman–Crippen LogP) is 1.31. The molecular weight excluding hydrogens is 234 g/mol. The number of hydrogen-bond acceptors (Lipinski definition) is 5. The maximum absolute atomic E-state index is 11.4. The highest BCUT2D eigenvalue weighted by atomic mass is 16.5. The number of esters is 2. The Morgan fingerprint density at radius 1 is 1.22 bits per heavy atom. The van der Waals surface area contributed by atoms with Gasteiger partial charge in [-0.1, -0.05) is 12.1 Å². The van der Waals surface area contributed by atoms with Gasteiger partial charge in [0.25, 0.3) is 0 Å². The van der Waals surface area contributed by atoms with Gasteiger partial charge in [-0.3, -0.25) is 9.59 Å². The predicted molar refractivity (Wildman–Crippen MR) is 66.8 cm³/mol. The Morgan fingerprint density at radius 3 is 2.67 bits per heavy atom. The molecule has 0 amide bonds. The van der Waals surface area contributed by atoms with Crippen LogP contribution in [0.25, 0.3) is 0 Å². The van der Waals surface area contributed by atoms with Crippen molar-refractivity contribution in [3.05, 3.63) is 29.8 Å². The van der Waals surface area contributed by atoms with Gasteiger partial charge in [0.1, 0.15) is 6.61 Å². The van der Waals surface area contributed by atoms with E-state index in [2.05, 4.69) is 4.74 Å². The molecule has 0 aliphatic rings. The minimum Gasteiger partial charge on any atom is -0.469 e. The molecule has 0 saturated carbocycles. The summed E-state index contributed by atoms with van der Waals surface area (Å²) in [5.74, 6) is -0.722. The number of benzene rings is 1. The van der Waals surface area contributed by atoms with Crippen molar-refractivity contribution in [1.29, 1.82) is 0 Å². The molecule has 0 aromatic heterocycles. The summed E-state index contributed by atoms with van der Waals surface area (Å²) in [5.41, 5.74) is 7.29. The van der Waals surface area contributed by atoms with Crippen LogP contribution in [0.2, 0.25) is 0 Å². The molecule has 0 aliphatic carbocycles. The third-order valence-corrected chi connectivity index (χ3v) is 2.37. The van der Waals surface area contributed by atoms with Gasteiger partial charge in [0.15, 0.2) is 0 Å². The van der Waals surface area contributed by atoms with E-state index >= 15 is 0 Å². The molecule has 0 radical (unpaired) electrons. The average Bonchev–Trinajstić information content (AvgIpc) is 2.36. The van der Waals surface area contributed by atoms with Crippen molar-refractivity contribution in [2.45, 2.75) is 19.3 Å². The lowest BCUT2D eigenvalue weighted by Crippen LogP contribution is -2.11. The molecule has 0 heterocycles. The topological polar surface area (TPSA) is 78.6 Å². The van der Waals surface area contributed by atoms with Crippen molar-refractivity contribution < 1.29 is 19.1 Å². The van der Waals surface area contributed by atoms with Crippen LogP contribution < -0.4 is 5.73 Å². The Kier molecular flexibility index (Phi) is 5.70. The normalized spacial score (nSPS) is 9.83. The molecule has 0 spiro atoms. The smallest absolute Gasteiger partial charge is 0.308 e. The molecular formula is C13H17NO4. The molecule has 1 aromatic rings. The molecule has 0 bridgehead atoms. The van der Waals surface area contributed by atoms with E-state index < -0.39 is 5.97 Å². The number of methoxy groups -OCH3 is 1. The zero-order valence-corrected chi connectivity index (χ0v) is 10.3. The van der Waals surface area contributed by atoms with Crippen molar-refractivity contribution in [2.24, 2.45) is 0 Å². The van der Waals surface area contributed by atoms with Crippen molar-refractivity contribution in [2.75, 3.05) is 19.5 Å². The van der Waals surface area contributed by atoms with Gasteiger partial charge in [0.05, 0.1) is 13.5 Å². The molecule has 98 valence electrons. The van der Waals surface area contributed by atoms with Crippen molar-refractivity contribution >= 4 is 17.6 Å². The summed E-state index contributed by atoms with van der Waals surface area (Å²) >= 11 is 0. The minimum absolute atomic E-state index is 0.0580. The van der Waals surface area contributed by atoms with Crippen LogP contribution in [0.4, 0.5) is 5.69 Å². The second-order valence-electron chi connectivity index (χ2n) is 3.79. The monoisotopic (exact) mass is 251 g/mol. The molecule has 1 aromatic carbocycles. The number of anilines is 1. The van der Waals surface area contributed by atoms with E-state index in [-0.39, 0.29) is 25.4 Å². The fourth-order valence-electron chi connectivity index (χ4n) is 1.42. The number of carbonyl (C=O) groups excluding carboxylic acids is 2. The Hall–Kier alpha value is -2.04. The second-order valence-corrected chi connectivity index (χ2v) is 3.79. The van der Waals surface area contributed by atoms with Crippen LogP contribution in [0.1, 0.15) is 18.4 Å². The van der Waals surface area contributed by atoms with Gasteiger partial charge in [0, 0.05) is 12.1 Å². The zero-order valence-electron chi connectivity index (χ0n) is 10.3. The molecule has 5 nitrogen and oxygen atoms in total. The number of carbonyl (C=O) groups is 2. The van der Waals surface area contributed by atoms with E-state index in [1.807, 2.05) is 18.2 Å². The van der Waals surface area contributed by atoms with Crippen LogP contribution in [0, 0.1) is 0 Å². The summed E-state index contributed by atoms with van der Waals surface area (Å²) in [7, 11) is 1.30. The van der Waals surface area contributed by atoms with Crippen LogP contribution in [-0.4, -0.2) is 25.7 Å². The molecule has 0 aliphatic heterocycles. The summed E-state index contributed by atoms with van der Waals surface area (Å²) in [6.45, 7) is 0.0580. The fourth-order valence-corrected chi connectivity index (χ4v) is 1.42. The first-order chi connectivity index (χ1) is 8.61. The second kappa shape index (κ2) is 7.32. The Balaban J connectivity index is 2.23. The van der Waals surface area contributed by atoms with Crippen LogP contribution in [-0.2, 0) is 25.5 Å². The standard InChI is InChI=1S/C13H17NO4/c1-17-12(15)7-8-18-13(16)6-5-10-3-2-4-11(14)9-10/h2-4,9H,5-8,14H2,1H3. The van der Waals surface area contributed by atoms with Gasteiger partial charge >= 0.3 is 11.9 Å². The van der Waals surface area contributed by atoms with Crippen molar-refractivity contribution in [1.82, 2.24) is 0 Å². The van der Waals surface area contributed by atoms with Crippen LogP contribution >= 0.6 is 0 Å². The number of nitrogens with two attached hydrogens (primary N) is 1. The SMILES string of the molecule is COC(=O)CCOC(=O)CCc1cccc(N)c1. The van der Waals surface area contributed by atoms with Gasteiger partial charge in [-0.2, -0.15) is 0 Å². The van der Waals surface area contributed by atoms with E-state index in [1.165, 1.54) is 7.11 Å². The number of aryl methyl sites for hydroxylation is 1. The number of hydrogen-bond donors (Lipinski definition) is 1. The highest BCUT2D eigenvalue weighted by molar-refractivity contribution is 5.72.